The molecule has 0 aliphatic rings. The maximum atomic E-state index is 11.5. The quantitative estimate of drug-likeness (QED) is 0.661. The fourth-order valence-electron chi connectivity index (χ4n) is 1.07. The van der Waals surface area contributed by atoms with Crippen molar-refractivity contribution in [3.05, 3.63) is 24.4 Å². The van der Waals surface area contributed by atoms with Crippen LogP contribution in [-0.2, 0) is 9.59 Å². The Labute approximate surface area is 92.5 Å². The lowest BCUT2D eigenvalue weighted by atomic mass is 10.1. The summed E-state index contributed by atoms with van der Waals surface area (Å²) in [5.41, 5.74) is 5.51. The second kappa shape index (κ2) is 5.82. The SMILES string of the molecule is NC(CCC(=O)O)C(=O)Nc1ccccn1. The predicted octanol–water partition coefficient (Wildman–Crippen LogP) is 0.212. The molecule has 1 aromatic heterocycles. The van der Waals surface area contributed by atoms with Crippen molar-refractivity contribution in [3.63, 3.8) is 0 Å². The summed E-state index contributed by atoms with van der Waals surface area (Å²) in [6.45, 7) is 0. The summed E-state index contributed by atoms with van der Waals surface area (Å²) in [6, 6.07) is 4.24. The summed E-state index contributed by atoms with van der Waals surface area (Å²) < 4.78 is 0. The highest BCUT2D eigenvalue weighted by Crippen LogP contribution is 2.02. The van der Waals surface area contributed by atoms with Crippen LogP contribution in [0.5, 0.6) is 0 Å². The Bertz CT molecular complexity index is 367. The van der Waals surface area contributed by atoms with Gasteiger partial charge in [0.05, 0.1) is 6.04 Å². The van der Waals surface area contributed by atoms with Crippen LogP contribution in [0.3, 0.4) is 0 Å². The van der Waals surface area contributed by atoms with Crippen molar-refractivity contribution >= 4 is 17.7 Å². The molecule has 6 nitrogen and oxygen atoms in total. The molecular weight excluding hydrogens is 210 g/mol. The van der Waals surface area contributed by atoms with Crippen molar-refractivity contribution in [2.75, 3.05) is 5.32 Å². The van der Waals surface area contributed by atoms with Gasteiger partial charge in [-0.15, -0.1) is 0 Å². The van der Waals surface area contributed by atoms with E-state index < -0.39 is 17.9 Å². The van der Waals surface area contributed by atoms with Crippen LogP contribution >= 0.6 is 0 Å². The Balaban J connectivity index is 2.43. The third-order valence-electron chi connectivity index (χ3n) is 1.92. The van der Waals surface area contributed by atoms with Gasteiger partial charge in [-0.25, -0.2) is 4.98 Å². The van der Waals surface area contributed by atoms with Crippen LogP contribution in [0.2, 0.25) is 0 Å². The van der Waals surface area contributed by atoms with Crippen molar-refractivity contribution < 1.29 is 14.7 Å². The maximum absolute atomic E-state index is 11.5. The number of nitrogens with two attached hydrogens (primary N) is 1. The number of anilines is 1. The summed E-state index contributed by atoms with van der Waals surface area (Å²) in [5.74, 6) is -1.00. The molecule has 0 aromatic carbocycles. The Hall–Kier alpha value is -1.95. The van der Waals surface area contributed by atoms with Crippen LogP contribution in [0.25, 0.3) is 0 Å². The number of carbonyl (C=O) groups excluding carboxylic acids is 1. The van der Waals surface area contributed by atoms with E-state index in [1.807, 2.05) is 0 Å². The first-order valence-corrected chi connectivity index (χ1v) is 4.79. The van der Waals surface area contributed by atoms with E-state index in [2.05, 4.69) is 10.3 Å². The number of carboxylic acids is 1. The van der Waals surface area contributed by atoms with Gasteiger partial charge in [0, 0.05) is 12.6 Å². The number of hydrogen-bond acceptors (Lipinski definition) is 4. The minimum Gasteiger partial charge on any atom is -0.481 e. The van der Waals surface area contributed by atoms with Crippen LogP contribution < -0.4 is 11.1 Å². The lowest BCUT2D eigenvalue weighted by molar-refractivity contribution is -0.137. The zero-order valence-electron chi connectivity index (χ0n) is 8.59. The van der Waals surface area contributed by atoms with Gasteiger partial charge in [0.15, 0.2) is 0 Å². The maximum Gasteiger partial charge on any atom is 0.303 e. The van der Waals surface area contributed by atoms with E-state index in [0.29, 0.717) is 5.82 Å². The monoisotopic (exact) mass is 223 g/mol. The number of aliphatic carboxylic acids is 1. The largest absolute Gasteiger partial charge is 0.481 e. The standard InChI is InChI=1S/C10H13N3O3/c11-7(4-5-9(14)15)10(16)13-8-3-1-2-6-12-8/h1-3,6-7H,4-5,11H2,(H,14,15)(H,12,13,16). The Morgan fingerprint density at radius 3 is 2.81 bits per heavy atom. The van der Waals surface area contributed by atoms with Crippen LogP contribution in [0.4, 0.5) is 5.82 Å². The summed E-state index contributed by atoms with van der Waals surface area (Å²) >= 11 is 0. The normalized spacial score (nSPS) is 11.8. The molecule has 6 heteroatoms. The molecule has 1 unspecified atom stereocenters. The number of nitrogens with one attached hydrogen (secondary N) is 1. The van der Waals surface area contributed by atoms with Crippen molar-refractivity contribution in [1.29, 1.82) is 0 Å². The topological polar surface area (TPSA) is 105 Å². The number of nitrogens with zero attached hydrogens (tertiary/aromatic N) is 1. The number of hydrogen-bond donors (Lipinski definition) is 3. The molecule has 0 fully saturated rings. The third kappa shape index (κ3) is 4.05. The molecular formula is C10H13N3O3. The number of rotatable bonds is 5. The van der Waals surface area contributed by atoms with Gasteiger partial charge in [0.25, 0.3) is 0 Å². The first kappa shape index (κ1) is 12.1. The molecule has 0 saturated carbocycles. The number of pyridine rings is 1. The van der Waals surface area contributed by atoms with E-state index in [9.17, 15) is 9.59 Å². The van der Waals surface area contributed by atoms with Crippen LogP contribution in [0, 0.1) is 0 Å². The molecule has 1 aromatic rings. The van der Waals surface area contributed by atoms with E-state index in [1.165, 1.54) is 0 Å². The third-order valence-corrected chi connectivity index (χ3v) is 1.92. The van der Waals surface area contributed by atoms with Gasteiger partial charge >= 0.3 is 5.97 Å². The molecule has 4 N–H and O–H groups in total. The molecule has 0 bridgehead atoms. The number of aromatic nitrogens is 1. The van der Waals surface area contributed by atoms with Crippen molar-refractivity contribution in [3.8, 4) is 0 Å². The smallest absolute Gasteiger partial charge is 0.303 e. The van der Waals surface area contributed by atoms with Crippen LogP contribution in [0.1, 0.15) is 12.8 Å². The second-order valence-corrected chi connectivity index (χ2v) is 3.24. The van der Waals surface area contributed by atoms with Gasteiger partial charge in [0.2, 0.25) is 5.91 Å². The van der Waals surface area contributed by atoms with Crippen molar-refractivity contribution in [2.45, 2.75) is 18.9 Å². The van der Waals surface area contributed by atoms with Crippen molar-refractivity contribution in [2.24, 2.45) is 5.73 Å². The predicted molar refractivity (Wildman–Crippen MR) is 57.7 cm³/mol. The first-order valence-electron chi connectivity index (χ1n) is 4.79. The van der Waals surface area contributed by atoms with E-state index >= 15 is 0 Å². The summed E-state index contributed by atoms with van der Waals surface area (Å²) in [6.07, 6.45) is 1.52. The number of carbonyl (C=O) groups is 2. The average Bonchev–Trinajstić information content (AvgIpc) is 2.27. The van der Waals surface area contributed by atoms with Crippen LogP contribution in [-0.4, -0.2) is 28.0 Å². The van der Waals surface area contributed by atoms with Gasteiger partial charge in [0.1, 0.15) is 5.82 Å². The highest BCUT2D eigenvalue weighted by atomic mass is 16.4. The molecule has 0 aliphatic carbocycles. The molecule has 0 radical (unpaired) electrons. The van der Waals surface area contributed by atoms with Gasteiger partial charge in [-0.2, -0.15) is 0 Å². The molecule has 1 atom stereocenters. The minimum atomic E-state index is -0.971. The Kier molecular flexibility index (Phi) is 4.41. The fraction of sp³-hybridized carbons (Fsp3) is 0.300. The molecule has 16 heavy (non-hydrogen) atoms. The molecule has 1 rings (SSSR count). The molecule has 86 valence electrons. The van der Waals surface area contributed by atoms with Gasteiger partial charge in [-0.05, 0) is 18.6 Å². The highest BCUT2D eigenvalue weighted by molar-refractivity contribution is 5.94. The van der Waals surface area contributed by atoms with E-state index in [4.69, 9.17) is 10.8 Å². The molecule has 0 spiro atoms. The van der Waals surface area contributed by atoms with Gasteiger partial charge in [-0.3, -0.25) is 9.59 Å². The average molecular weight is 223 g/mol. The molecule has 1 amide bonds. The van der Waals surface area contributed by atoms with E-state index in [-0.39, 0.29) is 12.8 Å². The van der Waals surface area contributed by atoms with E-state index in [1.54, 1.807) is 24.4 Å². The lowest BCUT2D eigenvalue weighted by Crippen LogP contribution is -2.36. The van der Waals surface area contributed by atoms with Gasteiger partial charge < -0.3 is 16.2 Å². The first-order chi connectivity index (χ1) is 7.59. The zero-order chi connectivity index (χ0) is 12.0. The van der Waals surface area contributed by atoms with Gasteiger partial charge in [-0.1, -0.05) is 6.07 Å². The molecule has 0 aliphatic heterocycles. The summed E-state index contributed by atoms with van der Waals surface area (Å²) in [4.78, 5) is 25.6. The second-order valence-electron chi connectivity index (χ2n) is 3.24. The van der Waals surface area contributed by atoms with E-state index in [0.717, 1.165) is 0 Å². The molecule has 0 saturated heterocycles. The Morgan fingerprint density at radius 1 is 1.50 bits per heavy atom. The number of carboxylic acid groups (broad SMARTS) is 1. The minimum absolute atomic E-state index is 0.105. The fourth-order valence-corrected chi connectivity index (χ4v) is 1.07. The lowest BCUT2D eigenvalue weighted by Gasteiger charge is -2.10. The summed E-state index contributed by atoms with van der Waals surface area (Å²) in [7, 11) is 0. The summed E-state index contributed by atoms with van der Waals surface area (Å²) in [5, 5.41) is 10.9. The zero-order valence-corrected chi connectivity index (χ0v) is 8.59. The van der Waals surface area contributed by atoms with Crippen molar-refractivity contribution in [1.82, 2.24) is 4.98 Å². The Morgan fingerprint density at radius 2 is 2.25 bits per heavy atom. The molecule has 1 heterocycles. The highest BCUT2D eigenvalue weighted by Gasteiger charge is 2.14. The number of amides is 1. The van der Waals surface area contributed by atoms with Crippen LogP contribution in [0.15, 0.2) is 24.4 Å².